The number of carbonyl (C=O) groups is 3. The van der Waals surface area contributed by atoms with Crippen LogP contribution in [0.4, 0.5) is 13.6 Å². The molecule has 7 rings (SSSR count). The van der Waals surface area contributed by atoms with Crippen LogP contribution < -0.4 is 20.1 Å². The van der Waals surface area contributed by atoms with Crippen LogP contribution in [0.5, 0.6) is 11.5 Å². The van der Waals surface area contributed by atoms with E-state index in [0.29, 0.717) is 11.1 Å². The van der Waals surface area contributed by atoms with Crippen molar-refractivity contribution in [2.24, 2.45) is 0 Å². The highest BCUT2D eigenvalue weighted by atomic mass is 35.5. The second-order valence-electron chi connectivity index (χ2n) is 14.3. The summed E-state index contributed by atoms with van der Waals surface area (Å²) >= 11 is 11.5. The molecular formula is C41H41Cl2F2N2O11P. The summed E-state index contributed by atoms with van der Waals surface area (Å²) in [6, 6.07) is 25.2. The van der Waals surface area contributed by atoms with Crippen molar-refractivity contribution < 1.29 is 60.6 Å². The molecule has 4 aromatic rings. The number of carbonyl (C=O) groups excluding carboxylic acids is 2. The second-order valence-corrected chi connectivity index (χ2v) is 16.8. The SMILES string of the molecule is O=C(COc1ccc(Cl)c(F)c1)NC12CCC(NC(=O)COc3ccc(Cl)c(F)c3)(CC1)[C@](CCOP(=O)(OCc1ccccc1)OCc1ccccc1)(OC(=O)O)C2. The number of hydrogen-bond donors (Lipinski definition) is 3. The summed E-state index contributed by atoms with van der Waals surface area (Å²) in [5, 5.41) is 15.9. The third-order valence-electron chi connectivity index (χ3n) is 10.4. The minimum atomic E-state index is -4.36. The van der Waals surface area contributed by atoms with Crippen molar-refractivity contribution in [3.8, 4) is 11.5 Å². The summed E-state index contributed by atoms with van der Waals surface area (Å²) in [5.41, 5.74) is -2.88. The van der Waals surface area contributed by atoms with Crippen LogP contribution in [0.25, 0.3) is 0 Å². The molecule has 0 unspecified atom stereocenters. The van der Waals surface area contributed by atoms with Crippen LogP contribution in [0.15, 0.2) is 97.1 Å². The molecule has 4 aromatic carbocycles. The molecule has 0 radical (unpaired) electrons. The number of phosphoric ester groups is 1. The predicted molar refractivity (Wildman–Crippen MR) is 211 cm³/mol. The van der Waals surface area contributed by atoms with E-state index in [-0.39, 0.29) is 73.3 Å². The van der Waals surface area contributed by atoms with Gasteiger partial charge in [0.1, 0.15) is 28.7 Å². The zero-order valence-corrected chi connectivity index (χ0v) is 33.9. The maximum atomic E-state index is 14.2. The second kappa shape index (κ2) is 19.1. The van der Waals surface area contributed by atoms with Crippen molar-refractivity contribution in [1.29, 1.82) is 0 Å². The molecule has 59 heavy (non-hydrogen) atoms. The molecule has 2 bridgehead atoms. The fraction of sp³-hybridized carbons (Fsp3) is 0.341. The number of benzene rings is 4. The van der Waals surface area contributed by atoms with Crippen LogP contribution in [0.3, 0.4) is 0 Å². The number of amides is 2. The number of hydrogen-bond acceptors (Lipinski definition) is 10. The third kappa shape index (κ3) is 11.3. The van der Waals surface area contributed by atoms with Crippen LogP contribution in [0.2, 0.25) is 10.0 Å². The first-order chi connectivity index (χ1) is 28.2. The number of ether oxygens (including phenoxy) is 3. The molecule has 1 atom stereocenters. The average Bonchev–Trinajstić information content (AvgIpc) is 3.21. The first kappa shape index (κ1) is 43.8. The summed E-state index contributed by atoms with van der Waals surface area (Å²) in [6.45, 7) is -1.81. The summed E-state index contributed by atoms with van der Waals surface area (Å²) in [7, 11) is -4.36. The Bertz CT molecular complexity index is 2120. The van der Waals surface area contributed by atoms with Crippen molar-refractivity contribution in [3.63, 3.8) is 0 Å². The van der Waals surface area contributed by atoms with Crippen molar-refractivity contribution in [2.75, 3.05) is 19.8 Å². The van der Waals surface area contributed by atoms with E-state index in [2.05, 4.69) is 10.6 Å². The van der Waals surface area contributed by atoms with Gasteiger partial charge in [-0.3, -0.25) is 23.2 Å². The van der Waals surface area contributed by atoms with E-state index in [4.69, 9.17) is 51.0 Å². The Morgan fingerprint density at radius 2 is 1.19 bits per heavy atom. The lowest BCUT2D eigenvalue weighted by Crippen LogP contribution is -2.77. The van der Waals surface area contributed by atoms with Gasteiger partial charge in [0.25, 0.3) is 11.8 Å². The van der Waals surface area contributed by atoms with Gasteiger partial charge in [-0.15, -0.1) is 0 Å². The van der Waals surface area contributed by atoms with Crippen LogP contribution >= 0.6 is 31.0 Å². The summed E-state index contributed by atoms with van der Waals surface area (Å²) in [5.74, 6) is -2.66. The Morgan fingerprint density at radius 1 is 0.695 bits per heavy atom. The van der Waals surface area contributed by atoms with E-state index in [1.54, 1.807) is 48.5 Å². The minimum absolute atomic E-state index is 0.0281. The van der Waals surface area contributed by atoms with E-state index >= 15 is 0 Å². The van der Waals surface area contributed by atoms with E-state index in [9.17, 15) is 32.8 Å². The maximum Gasteiger partial charge on any atom is 0.506 e. The van der Waals surface area contributed by atoms with Gasteiger partial charge in [0.2, 0.25) is 0 Å². The van der Waals surface area contributed by atoms with Gasteiger partial charge < -0.3 is 30.0 Å². The topological polar surface area (TPSA) is 168 Å². The lowest BCUT2D eigenvalue weighted by atomic mass is 9.52. The summed E-state index contributed by atoms with van der Waals surface area (Å²) in [4.78, 5) is 39.5. The van der Waals surface area contributed by atoms with Crippen LogP contribution in [-0.4, -0.2) is 59.6 Å². The highest BCUT2D eigenvalue weighted by Crippen LogP contribution is 2.57. The Balaban J connectivity index is 1.24. The average molecular weight is 878 g/mol. The fourth-order valence-electron chi connectivity index (χ4n) is 7.55. The molecule has 3 N–H and O–H groups in total. The molecule has 18 heteroatoms. The number of halogens is 4. The maximum absolute atomic E-state index is 14.2. The quantitative estimate of drug-likeness (QED) is 0.0608. The molecular weight excluding hydrogens is 836 g/mol. The summed E-state index contributed by atoms with van der Waals surface area (Å²) in [6.07, 6.45) is -1.37. The van der Waals surface area contributed by atoms with E-state index in [1.165, 1.54) is 24.3 Å². The van der Waals surface area contributed by atoms with Crippen molar-refractivity contribution >= 4 is 49.0 Å². The monoisotopic (exact) mass is 876 g/mol. The van der Waals surface area contributed by atoms with Crippen LogP contribution in [-0.2, 0) is 45.7 Å². The minimum Gasteiger partial charge on any atom is -0.484 e. The van der Waals surface area contributed by atoms with Gasteiger partial charge in [0.05, 0.1) is 35.4 Å². The molecule has 2 amide bonds. The number of fused-ring (bicyclic) bond motifs is 3. The van der Waals surface area contributed by atoms with Gasteiger partial charge in [0, 0.05) is 30.5 Å². The Labute approximate surface area is 348 Å². The Kier molecular flexibility index (Phi) is 14.2. The molecule has 3 aliphatic carbocycles. The number of phosphoric acid groups is 1. The van der Waals surface area contributed by atoms with Gasteiger partial charge in [-0.25, -0.2) is 18.1 Å². The van der Waals surface area contributed by atoms with Gasteiger partial charge in [-0.05, 0) is 61.1 Å². The first-order valence-electron chi connectivity index (χ1n) is 18.5. The van der Waals surface area contributed by atoms with Crippen LogP contribution in [0.1, 0.15) is 49.7 Å². The van der Waals surface area contributed by atoms with Gasteiger partial charge in [-0.1, -0.05) is 83.9 Å². The van der Waals surface area contributed by atoms with Crippen LogP contribution in [0, 0.1) is 11.6 Å². The lowest BCUT2D eigenvalue weighted by molar-refractivity contribution is -0.172. The largest absolute Gasteiger partial charge is 0.506 e. The van der Waals surface area contributed by atoms with Crippen molar-refractivity contribution in [2.45, 2.75) is 68.4 Å². The summed E-state index contributed by atoms with van der Waals surface area (Å²) < 4.78 is 76.5. The highest BCUT2D eigenvalue weighted by molar-refractivity contribution is 7.48. The molecule has 0 aromatic heterocycles. The highest BCUT2D eigenvalue weighted by Gasteiger charge is 2.66. The molecule has 0 heterocycles. The third-order valence-corrected chi connectivity index (χ3v) is 12.4. The standard InChI is InChI=1S/C41H41Cl2F2N2O11P/c42-32-13-11-30(21-34(32)44)53-25-36(48)46-39-15-17-40(18-16-39,47-37(49)26-54-31-12-14-33(43)35(45)22-31)41(27-39,58-38(50)51)19-20-55-59(52,56-23-28-7-3-1-4-8-28)57-24-29-9-5-2-6-10-29/h1-14,21-22H,15-20,23-27H2,(H,46,48)(H,47,49)(H,50,51)/t39?,40?,41-/m1/s1. The van der Waals surface area contributed by atoms with Crippen molar-refractivity contribution in [3.05, 3.63) is 130 Å². The smallest absolute Gasteiger partial charge is 0.484 e. The zero-order chi connectivity index (χ0) is 42.1. The first-order valence-corrected chi connectivity index (χ1v) is 20.7. The van der Waals surface area contributed by atoms with Gasteiger partial charge in [0.15, 0.2) is 13.2 Å². The normalized spacial score (nSPS) is 21.0. The fourth-order valence-corrected chi connectivity index (χ4v) is 8.93. The molecule has 3 aliphatic rings. The molecule has 314 valence electrons. The van der Waals surface area contributed by atoms with E-state index in [1.807, 2.05) is 12.1 Å². The number of carboxylic acid groups (broad SMARTS) is 1. The van der Waals surface area contributed by atoms with Crippen molar-refractivity contribution in [1.82, 2.24) is 10.6 Å². The number of nitrogens with one attached hydrogen (secondary N) is 2. The zero-order valence-electron chi connectivity index (χ0n) is 31.5. The van der Waals surface area contributed by atoms with E-state index in [0.717, 1.165) is 12.1 Å². The molecule has 0 spiro atoms. The number of rotatable bonds is 19. The molecule has 13 nitrogen and oxygen atoms in total. The molecule has 0 aliphatic heterocycles. The molecule has 3 fully saturated rings. The molecule has 0 saturated heterocycles. The van der Waals surface area contributed by atoms with Gasteiger partial charge in [-0.2, -0.15) is 0 Å². The van der Waals surface area contributed by atoms with Gasteiger partial charge >= 0.3 is 14.0 Å². The lowest BCUT2D eigenvalue weighted by Gasteiger charge is -2.62. The Hall–Kier alpha value is -4.76. The molecule has 3 saturated carbocycles. The Morgan fingerprint density at radius 3 is 1.66 bits per heavy atom. The van der Waals surface area contributed by atoms with E-state index < -0.39 is 73.9 Å². The predicted octanol–water partition coefficient (Wildman–Crippen LogP) is 8.80.